The van der Waals surface area contributed by atoms with E-state index in [1.54, 1.807) is 0 Å². The Morgan fingerprint density at radius 1 is 1.14 bits per heavy atom. The van der Waals surface area contributed by atoms with Crippen molar-refractivity contribution in [3.05, 3.63) is 52.6 Å². The molecule has 0 aliphatic heterocycles. The Morgan fingerprint density at radius 2 is 1.95 bits per heavy atom. The molecule has 0 aliphatic carbocycles. The number of pyridine rings is 1. The highest BCUT2D eigenvalue weighted by atomic mass is 32.1. The van der Waals surface area contributed by atoms with Gasteiger partial charge in [-0.1, -0.05) is 44.3 Å². The number of fused-ring (bicyclic) bond motifs is 1. The number of aromatic nitrogens is 3. The standard InChI is InChI=1S/C17H17N3S/c1-10(2)16-19-15(11(3)17(21)20-16)13-6-4-8-14-12(13)7-5-9-18-14/h4-10H,1-3H3,(H,19,20,21). The van der Waals surface area contributed by atoms with Crippen LogP contribution in [0.1, 0.15) is 31.2 Å². The second-order valence-corrected chi connectivity index (χ2v) is 5.84. The maximum Gasteiger partial charge on any atom is 0.133 e. The minimum absolute atomic E-state index is 0.305. The summed E-state index contributed by atoms with van der Waals surface area (Å²) in [5, 5.41) is 1.12. The Hall–Kier alpha value is -2.07. The highest BCUT2D eigenvalue weighted by molar-refractivity contribution is 7.71. The molecule has 3 rings (SSSR count). The van der Waals surface area contributed by atoms with Crippen LogP contribution in [0.3, 0.4) is 0 Å². The minimum atomic E-state index is 0.305. The van der Waals surface area contributed by atoms with Crippen molar-refractivity contribution in [3.8, 4) is 11.3 Å². The third kappa shape index (κ3) is 2.47. The Kier molecular flexibility index (Phi) is 3.55. The molecule has 0 amide bonds. The van der Waals surface area contributed by atoms with Gasteiger partial charge in [0, 0.05) is 28.6 Å². The molecule has 1 N–H and O–H groups in total. The first-order valence-corrected chi connectivity index (χ1v) is 7.43. The SMILES string of the molecule is Cc1c(-c2cccc3ncccc23)[nH]c(C(C)C)nc1=S. The number of hydrogen-bond acceptors (Lipinski definition) is 3. The van der Waals surface area contributed by atoms with Gasteiger partial charge in [0.05, 0.1) is 11.2 Å². The van der Waals surface area contributed by atoms with E-state index in [0.29, 0.717) is 10.6 Å². The van der Waals surface area contributed by atoms with Crippen molar-refractivity contribution in [2.75, 3.05) is 0 Å². The Bertz CT molecular complexity index is 860. The number of nitrogens with zero attached hydrogens (tertiary/aromatic N) is 2. The summed E-state index contributed by atoms with van der Waals surface area (Å²) in [5.41, 5.74) is 4.15. The van der Waals surface area contributed by atoms with E-state index >= 15 is 0 Å². The molecule has 4 heteroatoms. The number of hydrogen-bond donors (Lipinski definition) is 1. The zero-order valence-corrected chi connectivity index (χ0v) is 13.2. The van der Waals surface area contributed by atoms with E-state index in [2.05, 4.69) is 40.9 Å². The predicted molar refractivity (Wildman–Crippen MR) is 89.0 cm³/mol. The topological polar surface area (TPSA) is 41.6 Å². The largest absolute Gasteiger partial charge is 0.343 e. The van der Waals surface area contributed by atoms with E-state index in [-0.39, 0.29) is 0 Å². The van der Waals surface area contributed by atoms with Gasteiger partial charge in [-0.3, -0.25) is 4.98 Å². The van der Waals surface area contributed by atoms with Gasteiger partial charge in [-0.25, -0.2) is 4.98 Å². The lowest BCUT2D eigenvalue weighted by atomic mass is 10.0. The van der Waals surface area contributed by atoms with Crippen LogP contribution in [0.25, 0.3) is 22.2 Å². The molecular weight excluding hydrogens is 278 g/mol. The molecule has 0 atom stereocenters. The zero-order chi connectivity index (χ0) is 15.0. The summed E-state index contributed by atoms with van der Waals surface area (Å²) < 4.78 is 0.661. The molecule has 0 radical (unpaired) electrons. The van der Waals surface area contributed by atoms with E-state index in [1.807, 2.05) is 31.3 Å². The first-order valence-electron chi connectivity index (χ1n) is 7.03. The Balaban J connectivity index is 2.35. The summed E-state index contributed by atoms with van der Waals surface area (Å²) in [5.74, 6) is 1.22. The molecule has 0 spiro atoms. The van der Waals surface area contributed by atoms with Gasteiger partial charge in [-0.05, 0) is 19.1 Å². The van der Waals surface area contributed by atoms with Gasteiger partial charge in [0.2, 0.25) is 0 Å². The van der Waals surface area contributed by atoms with Crippen LogP contribution < -0.4 is 0 Å². The minimum Gasteiger partial charge on any atom is -0.343 e. The lowest BCUT2D eigenvalue weighted by Crippen LogP contribution is -2.02. The van der Waals surface area contributed by atoms with E-state index in [4.69, 9.17) is 12.2 Å². The van der Waals surface area contributed by atoms with Gasteiger partial charge in [0.25, 0.3) is 0 Å². The molecule has 3 aromatic rings. The summed E-state index contributed by atoms with van der Waals surface area (Å²) in [7, 11) is 0. The van der Waals surface area contributed by atoms with Crippen LogP contribution in [0.2, 0.25) is 0 Å². The predicted octanol–water partition coefficient (Wildman–Crippen LogP) is 4.79. The van der Waals surface area contributed by atoms with E-state index < -0.39 is 0 Å². The van der Waals surface area contributed by atoms with Gasteiger partial charge in [-0.15, -0.1) is 0 Å². The highest BCUT2D eigenvalue weighted by Gasteiger charge is 2.12. The molecule has 0 unspecified atom stereocenters. The fourth-order valence-corrected chi connectivity index (χ4v) is 2.61. The van der Waals surface area contributed by atoms with Crippen LogP contribution in [0.15, 0.2) is 36.5 Å². The first kappa shape index (κ1) is 13.9. The summed E-state index contributed by atoms with van der Waals surface area (Å²) in [6, 6.07) is 10.2. The molecule has 21 heavy (non-hydrogen) atoms. The second-order valence-electron chi connectivity index (χ2n) is 5.46. The van der Waals surface area contributed by atoms with Gasteiger partial charge in [0.15, 0.2) is 0 Å². The van der Waals surface area contributed by atoms with Crippen LogP contribution in [-0.2, 0) is 0 Å². The summed E-state index contributed by atoms with van der Waals surface area (Å²) >= 11 is 5.42. The number of aromatic amines is 1. The van der Waals surface area contributed by atoms with Crippen molar-refractivity contribution in [1.29, 1.82) is 0 Å². The molecule has 3 nitrogen and oxygen atoms in total. The molecule has 0 saturated heterocycles. The van der Waals surface area contributed by atoms with Crippen LogP contribution in [0.4, 0.5) is 0 Å². The van der Waals surface area contributed by atoms with Crippen molar-refractivity contribution in [3.63, 3.8) is 0 Å². The molecule has 0 fully saturated rings. The first-order chi connectivity index (χ1) is 10.1. The number of H-pyrrole nitrogens is 1. The molecule has 1 aromatic carbocycles. The van der Waals surface area contributed by atoms with E-state index in [9.17, 15) is 0 Å². The third-order valence-electron chi connectivity index (χ3n) is 3.63. The van der Waals surface area contributed by atoms with E-state index in [0.717, 1.165) is 33.5 Å². The average Bonchev–Trinajstić information content (AvgIpc) is 2.49. The summed E-state index contributed by atoms with van der Waals surface area (Å²) in [6.45, 7) is 6.23. The van der Waals surface area contributed by atoms with Crippen molar-refractivity contribution >= 4 is 23.1 Å². The average molecular weight is 295 g/mol. The molecule has 2 aromatic heterocycles. The summed E-state index contributed by atoms with van der Waals surface area (Å²) in [4.78, 5) is 12.4. The van der Waals surface area contributed by atoms with Crippen molar-refractivity contribution in [2.24, 2.45) is 0 Å². The van der Waals surface area contributed by atoms with Crippen LogP contribution in [0.5, 0.6) is 0 Å². The van der Waals surface area contributed by atoms with Gasteiger partial charge < -0.3 is 4.98 Å². The molecule has 0 saturated carbocycles. The van der Waals surface area contributed by atoms with Crippen LogP contribution in [-0.4, -0.2) is 15.0 Å². The van der Waals surface area contributed by atoms with Gasteiger partial charge in [0.1, 0.15) is 10.5 Å². The second kappa shape index (κ2) is 5.37. The number of benzene rings is 1. The maximum atomic E-state index is 5.42. The number of rotatable bonds is 2. The molecular formula is C17H17N3S. The molecule has 0 aliphatic rings. The monoisotopic (exact) mass is 295 g/mol. The lowest BCUT2D eigenvalue weighted by Gasteiger charge is -2.13. The van der Waals surface area contributed by atoms with E-state index in [1.165, 1.54) is 0 Å². The van der Waals surface area contributed by atoms with Crippen LogP contribution >= 0.6 is 12.2 Å². The van der Waals surface area contributed by atoms with Crippen molar-refractivity contribution in [2.45, 2.75) is 26.7 Å². The molecule has 2 heterocycles. The Labute approximate surface area is 129 Å². The molecule has 106 valence electrons. The fraction of sp³-hybridized carbons (Fsp3) is 0.235. The Morgan fingerprint density at radius 3 is 2.71 bits per heavy atom. The fourth-order valence-electron chi connectivity index (χ4n) is 2.41. The van der Waals surface area contributed by atoms with Gasteiger partial charge >= 0.3 is 0 Å². The maximum absolute atomic E-state index is 5.42. The molecule has 0 bridgehead atoms. The smallest absolute Gasteiger partial charge is 0.133 e. The number of nitrogens with one attached hydrogen (secondary N) is 1. The highest BCUT2D eigenvalue weighted by Crippen LogP contribution is 2.29. The lowest BCUT2D eigenvalue weighted by molar-refractivity contribution is 0.770. The normalized spacial score (nSPS) is 11.2. The zero-order valence-electron chi connectivity index (χ0n) is 12.3. The summed E-state index contributed by atoms with van der Waals surface area (Å²) in [6.07, 6.45) is 1.81. The quantitative estimate of drug-likeness (QED) is 0.691. The van der Waals surface area contributed by atoms with Crippen LogP contribution in [0, 0.1) is 11.6 Å². The van der Waals surface area contributed by atoms with Crippen molar-refractivity contribution in [1.82, 2.24) is 15.0 Å². The van der Waals surface area contributed by atoms with Crippen molar-refractivity contribution < 1.29 is 0 Å². The third-order valence-corrected chi connectivity index (χ3v) is 4.03. The van der Waals surface area contributed by atoms with Gasteiger partial charge in [-0.2, -0.15) is 0 Å².